The van der Waals surface area contributed by atoms with Crippen molar-refractivity contribution in [2.24, 2.45) is 5.73 Å². The average molecular weight is 316 g/mol. The molecule has 1 atom stereocenters. The van der Waals surface area contributed by atoms with Gasteiger partial charge in [0.05, 0.1) is 6.04 Å². The number of aromatic hydroxyl groups is 3. The molecule has 2 rings (SSSR count). The first-order valence-corrected chi connectivity index (χ1v) is 7.28. The molecule has 23 heavy (non-hydrogen) atoms. The van der Waals surface area contributed by atoms with E-state index < -0.39 is 6.04 Å². The Morgan fingerprint density at radius 2 is 1.65 bits per heavy atom. The number of hydrogen-bond donors (Lipinski definition) is 5. The summed E-state index contributed by atoms with van der Waals surface area (Å²) >= 11 is 0. The first-order valence-electron chi connectivity index (χ1n) is 7.28. The van der Waals surface area contributed by atoms with Gasteiger partial charge in [-0.05, 0) is 48.2 Å². The van der Waals surface area contributed by atoms with Crippen molar-refractivity contribution >= 4 is 5.91 Å². The minimum absolute atomic E-state index is 0.170. The molecule has 0 aliphatic carbocycles. The summed E-state index contributed by atoms with van der Waals surface area (Å²) in [5.41, 5.74) is 7.53. The maximum atomic E-state index is 12.0. The highest BCUT2D eigenvalue weighted by atomic mass is 16.3. The van der Waals surface area contributed by atoms with Gasteiger partial charge in [-0.2, -0.15) is 0 Å². The molecule has 1 amide bonds. The summed E-state index contributed by atoms with van der Waals surface area (Å²) in [6.45, 7) is 0.381. The molecule has 0 unspecified atom stereocenters. The van der Waals surface area contributed by atoms with Gasteiger partial charge in [-0.25, -0.2) is 0 Å². The van der Waals surface area contributed by atoms with Crippen molar-refractivity contribution in [1.29, 1.82) is 0 Å². The van der Waals surface area contributed by atoms with E-state index in [1.54, 1.807) is 30.3 Å². The summed E-state index contributed by atoms with van der Waals surface area (Å²) in [5.74, 6) is -0.448. The van der Waals surface area contributed by atoms with Gasteiger partial charge in [0.2, 0.25) is 5.91 Å². The summed E-state index contributed by atoms with van der Waals surface area (Å²) in [4.78, 5) is 12.0. The van der Waals surface area contributed by atoms with E-state index in [2.05, 4.69) is 5.32 Å². The van der Waals surface area contributed by atoms with Crippen molar-refractivity contribution in [1.82, 2.24) is 5.32 Å². The van der Waals surface area contributed by atoms with Crippen LogP contribution in [0.1, 0.15) is 11.1 Å². The van der Waals surface area contributed by atoms with Crippen molar-refractivity contribution in [3.05, 3.63) is 53.6 Å². The van der Waals surface area contributed by atoms with Crippen LogP contribution in [-0.2, 0) is 17.6 Å². The Labute approximate surface area is 134 Å². The van der Waals surface area contributed by atoms with E-state index in [1.165, 1.54) is 12.1 Å². The van der Waals surface area contributed by atoms with Crippen LogP contribution >= 0.6 is 0 Å². The monoisotopic (exact) mass is 316 g/mol. The van der Waals surface area contributed by atoms with Crippen LogP contribution in [0.3, 0.4) is 0 Å². The molecule has 0 aliphatic rings. The molecular formula is C17H20N2O4. The molecule has 0 aromatic heterocycles. The number of benzene rings is 2. The molecular weight excluding hydrogens is 296 g/mol. The maximum Gasteiger partial charge on any atom is 0.237 e. The lowest BCUT2D eigenvalue weighted by Crippen LogP contribution is -2.42. The van der Waals surface area contributed by atoms with Gasteiger partial charge in [-0.1, -0.05) is 18.2 Å². The second kappa shape index (κ2) is 7.51. The van der Waals surface area contributed by atoms with Gasteiger partial charge in [0.1, 0.15) is 5.75 Å². The SMILES string of the molecule is N[C@@H](Cc1ccc(O)cc1)C(=O)NCCc1ccc(O)c(O)c1. The highest BCUT2D eigenvalue weighted by Gasteiger charge is 2.13. The fourth-order valence-corrected chi connectivity index (χ4v) is 2.16. The lowest BCUT2D eigenvalue weighted by molar-refractivity contribution is -0.122. The van der Waals surface area contributed by atoms with Gasteiger partial charge >= 0.3 is 0 Å². The van der Waals surface area contributed by atoms with Crippen molar-refractivity contribution in [3.63, 3.8) is 0 Å². The van der Waals surface area contributed by atoms with Crippen LogP contribution in [0.4, 0.5) is 0 Å². The molecule has 0 heterocycles. The lowest BCUT2D eigenvalue weighted by Gasteiger charge is -2.12. The number of hydrogen-bond acceptors (Lipinski definition) is 5. The summed E-state index contributed by atoms with van der Waals surface area (Å²) in [6, 6.07) is 10.4. The summed E-state index contributed by atoms with van der Waals surface area (Å²) in [6.07, 6.45) is 0.900. The first-order chi connectivity index (χ1) is 11.0. The fraction of sp³-hybridized carbons (Fsp3) is 0.235. The van der Waals surface area contributed by atoms with E-state index in [0.717, 1.165) is 11.1 Å². The van der Waals surface area contributed by atoms with Crippen molar-refractivity contribution in [2.75, 3.05) is 6.54 Å². The number of rotatable bonds is 6. The molecule has 0 spiro atoms. The standard InChI is InChI=1S/C17H20N2O4/c18-14(9-11-1-4-13(20)5-2-11)17(23)19-8-7-12-3-6-15(21)16(22)10-12/h1-6,10,14,20-22H,7-9,18H2,(H,19,23)/t14-/m0/s1. The number of phenols is 3. The Hall–Kier alpha value is -2.73. The van der Waals surface area contributed by atoms with Gasteiger partial charge in [0.25, 0.3) is 0 Å². The molecule has 0 saturated heterocycles. The molecule has 0 fully saturated rings. The molecule has 0 bridgehead atoms. The topological polar surface area (TPSA) is 116 Å². The smallest absolute Gasteiger partial charge is 0.237 e. The zero-order chi connectivity index (χ0) is 16.8. The van der Waals surface area contributed by atoms with Gasteiger partial charge in [-0.3, -0.25) is 4.79 Å². The molecule has 122 valence electrons. The second-order valence-electron chi connectivity index (χ2n) is 5.34. The number of nitrogens with two attached hydrogens (primary N) is 1. The number of amides is 1. The molecule has 0 aliphatic heterocycles. The molecule has 0 radical (unpaired) electrons. The van der Waals surface area contributed by atoms with Gasteiger partial charge < -0.3 is 26.4 Å². The molecule has 6 heteroatoms. The fourth-order valence-electron chi connectivity index (χ4n) is 2.16. The van der Waals surface area contributed by atoms with Crippen molar-refractivity contribution in [3.8, 4) is 17.2 Å². The van der Waals surface area contributed by atoms with Crippen LogP contribution in [0.2, 0.25) is 0 Å². The van der Waals surface area contributed by atoms with Crippen LogP contribution < -0.4 is 11.1 Å². The predicted molar refractivity (Wildman–Crippen MR) is 86.3 cm³/mol. The van der Waals surface area contributed by atoms with E-state index in [1.807, 2.05) is 0 Å². The quantitative estimate of drug-likeness (QED) is 0.511. The Morgan fingerprint density at radius 1 is 1.00 bits per heavy atom. The van der Waals surface area contributed by atoms with Crippen LogP contribution in [0, 0.1) is 0 Å². The third-order valence-corrected chi connectivity index (χ3v) is 3.48. The zero-order valence-corrected chi connectivity index (χ0v) is 12.6. The molecule has 6 nitrogen and oxygen atoms in total. The Kier molecular flexibility index (Phi) is 5.43. The van der Waals surface area contributed by atoms with Crippen LogP contribution in [0.15, 0.2) is 42.5 Å². The largest absolute Gasteiger partial charge is 0.508 e. The number of phenolic OH excluding ortho intramolecular Hbond substituents is 3. The van der Waals surface area contributed by atoms with Gasteiger partial charge in [0, 0.05) is 6.54 Å². The maximum absolute atomic E-state index is 12.0. The first kappa shape index (κ1) is 16.6. The summed E-state index contributed by atoms with van der Waals surface area (Å²) in [7, 11) is 0. The zero-order valence-electron chi connectivity index (χ0n) is 12.6. The van der Waals surface area contributed by atoms with E-state index in [9.17, 15) is 20.1 Å². The number of nitrogens with one attached hydrogen (secondary N) is 1. The van der Waals surface area contributed by atoms with Gasteiger partial charge in [-0.15, -0.1) is 0 Å². The highest BCUT2D eigenvalue weighted by molar-refractivity contribution is 5.81. The number of carbonyl (C=O) groups excluding carboxylic acids is 1. The molecule has 0 saturated carbocycles. The third-order valence-electron chi connectivity index (χ3n) is 3.48. The molecule has 2 aromatic carbocycles. The van der Waals surface area contributed by atoms with E-state index >= 15 is 0 Å². The predicted octanol–water partition coefficient (Wildman–Crippen LogP) is 1.03. The average Bonchev–Trinajstić information content (AvgIpc) is 2.53. The minimum atomic E-state index is -0.673. The van der Waals surface area contributed by atoms with Crippen LogP contribution in [0.25, 0.3) is 0 Å². The van der Waals surface area contributed by atoms with Crippen molar-refractivity contribution < 1.29 is 20.1 Å². The van der Waals surface area contributed by atoms with E-state index in [4.69, 9.17) is 5.73 Å². The lowest BCUT2D eigenvalue weighted by atomic mass is 10.1. The van der Waals surface area contributed by atoms with E-state index in [0.29, 0.717) is 19.4 Å². The van der Waals surface area contributed by atoms with Crippen LogP contribution in [0.5, 0.6) is 17.2 Å². The normalized spacial score (nSPS) is 11.9. The molecule has 6 N–H and O–H groups in total. The Morgan fingerprint density at radius 3 is 2.30 bits per heavy atom. The third kappa shape index (κ3) is 4.89. The van der Waals surface area contributed by atoms with Gasteiger partial charge in [0.15, 0.2) is 11.5 Å². The Balaban J connectivity index is 1.79. The summed E-state index contributed by atoms with van der Waals surface area (Å²) < 4.78 is 0. The van der Waals surface area contributed by atoms with Crippen LogP contribution in [-0.4, -0.2) is 33.8 Å². The van der Waals surface area contributed by atoms with E-state index in [-0.39, 0.29) is 23.2 Å². The Bertz CT molecular complexity index is 671. The number of carbonyl (C=O) groups is 1. The van der Waals surface area contributed by atoms with Crippen molar-refractivity contribution in [2.45, 2.75) is 18.9 Å². The minimum Gasteiger partial charge on any atom is -0.508 e. The highest BCUT2D eigenvalue weighted by Crippen LogP contribution is 2.24. The summed E-state index contributed by atoms with van der Waals surface area (Å²) in [5, 5.41) is 30.6. The second-order valence-corrected chi connectivity index (χ2v) is 5.34. The molecule has 2 aromatic rings.